The molecule has 2 aromatic rings. The van der Waals surface area contributed by atoms with Crippen molar-refractivity contribution in [3.05, 3.63) is 35.8 Å². The highest BCUT2D eigenvalue weighted by Gasteiger charge is 2.12. The van der Waals surface area contributed by atoms with Crippen molar-refractivity contribution >= 4 is 22.9 Å². The van der Waals surface area contributed by atoms with E-state index in [2.05, 4.69) is 20.3 Å². The zero-order valence-electron chi connectivity index (χ0n) is 14.8. The molecule has 0 saturated carbocycles. The fraction of sp³-hybridized carbons (Fsp3) is 0.389. The van der Waals surface area contributed by atoms with E-state index in [-0.39, 0.29) is 12.7 Å². The first kappa shape index (κ1) is 17.9. The fourth-order valence-electron chi connectivity index (χ4n) is 2.13. The number of benzene rings is 1. The minimum absolute atomic E-state index is 0.0635. The van der Waals surface area contributed by atoms with Crippen molar-refractivity contribution in [1.82, 2.24) is 9.97 Å². The molecule has 0 fully saturated rings. The van der Waals surface area contributed by atoms with E-state index in [0.29, 0.717) is 17.2 Å². The Morgan fingerprint density at radius 2 is 2.04 bits per heavy atom. The Kier molecular flexibility index (Phi) is 5.87. The molecule has 2 rings (SSSR count). The predicted octanol–water partition coefficient (Wildman–Crippen LogP) is 3.71. The summed E-state index contributed by atoms with van der Waals surface area (Å²) in [7, 11) is 0. The predicted molar refractivity (Wildman–Crippen MR) is 96.8 cm³/mol. The quantitative estimate of drug-likeness (QED) is 0.790. The summed E-state index contributed by atoms with van der Waals surface area (Å²) in [6.07, 6.45) is 1.55. The molecule has 0 atom stereocenters. The molecule has 1 aromatic heterocycles. The van der Waals surface area contributed by atoms with Crippen LogP contribution in [0.15, 0.2) is 29.5 Å². The maximum atomic E-state index is 9.23. The Bertz CT molecular complexity index is 742. The average Bonchev–Trinajstić information content (AvgIpc) is 2.52. The number of nitrogens with zero attached hydrogens (tertiary/aromatic N) is 3. The zero-order chi connectivity index (χ0) is 17.7. The second-order valence-corrected chi connectivity index (χ2v) is 5.95. The van der Waals surface area contributed by atoms with Gasteiger partial charge in [-0.1, -0.05) is 6.07 Å². The van der Waals surface area contributed by atoms with Gasteiger partial charge in [-0.25, -0.2) is 15.0 Å². The average molecular weight is 328 g/mol. The van der Waals surface area contributed by atoms with Crippen molar-refractivity contribution in [3.8, 4) is 5.75 Å². The van der Waals surface area contributed by atoms with Crippen molar-refractivity contribution in [3.63, 3.8) is 0 Å². The lowest BCUT2D eigenvalue weighted by molar-refractivity contribution is 0.243. The normalized spacial score (nSPS) is 11.7. The summed E-state index contributed by atoms with van der Waals surface area (Å²) in [4.78, 5) is 12.9. The second kappa shape index (κ2) is 7.88. The van der Waals surface area contributed by atoms with Crippen LogP contribution in [0.2, 0.25) is 0 Å². The van der Waals surface area contributed by atoms with Gasteiger partial charge < -0.3 is 15.2 Å². The highest BCUT2D eigenvalue weighted by atomic mass is 16.5. The SMILES string of the molecule is CC(CO)=Nc1c(C)ncnc1Nc1ccc(C)cc1OC(C)C. The molecule has 24 heavy (non-hydrogen) atoms. The third-order valence-corrected chi connectivity index (χ3v) is 3.29. The lowest BCUT2D eigenvalue weighted by Crippen LogP contribution is -2.08. The molecule has 0 bridgehead atoms. The number of nitrogens with one attached hydrogen (secondary N) is 1. The van der Waals surface area contributed by atoms with Crippen LogP contribution in [0.1, 0.15) is 32.0 Å². The van der Waals surface area contributed by atoms with Crippen molar-refractivity contribution in [2.45, 2.75) is 40.7 Å². The Morgan fingerprint density at radius 3 is 2.71 bits per heavy atom. The Morgan fingerprint density at radius 1 is 1.29 bits per heavy atom. The van der Waals surface area contributed by atoms with Crippen molar-refractivity contribution < 1.29 is 9.84 Å². The minimum atomic E-state index is -0.111. The molecule has 1 aromatic carbocycles. The molecule has 0 aliphatic rings. The van der Waals surface area contributed by atoms with E-state index in [1.54, 1.807) is 6.92 Å². The molecule has 6 nitrogen and oxygen atoms in total. The number of rotatable bonds is 6. The van der Waals surface area contributed by atoms with E-state index < -0.39 is 0 Å². The molecule has 128 valence electrons. The van der Waals surface area contributed by atoms with E-state index >= 15 is 0 Å². The number of aromatic nitrogens is 2. The first-order chi connectivity index (χ1) is 11.4. The molecule has 0 aliphatic carbocycles. The van der Waals surface area contributed by atoms with Crippen LogP contribution in [0.4, 0.5) is 17.2 Å². The molecule has 2 N–H and O–H groups in total. The van der Waals surface area contributed by atoms with Gasteiger partial charge >= 0.3 is 0 Å². The lowest BCUT2D eigenvalue weighted by atomic mass is 10.2. The van der Waals surface area contributed by atoms with Gasteiger partial charge in [0.25, 0.3) is 0 Å². The van der Waals surface area contributed by atoms with Crippen LogP contribution in [0.3, 0.4) is 0 Å². The highest BCUT2D eigenvalue weighted by molar-refractivity contribution is 5.88. The summed E-state index contributed by atoms with van der Waals surface area (Å²) in [6.45, 7) is 9.50. The molecule has 0 amide bonds. The number of hydrogen-bond donors (Lipinski definition) is 2. The summed E-state index contributed by atoms with van der Waals surface area (Å²) in [5, 5.41) is 12.5. The number of hydrogen-bond acceptors (Lipinski definition) is 6. The summed E-state index contributed by atoms with van der Waals surface area (Å²) >= 11 is 0. The number of ether oxygens (including phenoxy) is 1. The molecule has 0 aliphatic heterocycles. The van der Waals surface area contributed by atoms with Gasteiger partial charge in [-0.2, -0.15) is 0 Å². The summed E-state index contributed by atoms with van der Waals surface area (Å²) < 4.78 is 5.89. The summed E-state index contributed by atoms with van der Waals surface area (Å²) in [5.74, 6) is 1.34. The van der Waals surface area contributed by atoms with E-state index in [0.717, 1.165) is 22.7 Å². The van der Waals surface area contributed by atoms with Gasteiger partial charge in [-0.05, 0) is 52.3 Å². The molecule has 0 saturated heterocycles. The summed E-state index contributed by atoms with van der Waals surface area (Å²) in [6, 6.07) is 5.95. The van der Waals surface area contributed by atoms with Crippen LogP contribution in [-0.2, 0) is 0 Å². The Hall–Kier alpha value is -2.47. The third kappa shape index (κ3) is 4.52. The van der Waals surface area contributed by atoms with Crippen LogP contribution in [0.5, 0.6) is 5.75 Å². The molecule has 1 heterocycles. The number of anilines is 2. The zero-order valence-corrected chi connectivity index (χ0v) is 14.8. The van der Waals surface area contributed by atoms with Crippen molar-refractivity contribution in [2.24, 2.45) is 4.99 Å². The van der Waals surface area contributed by atoms with Gasteiger partial charge in [-0.15, -0.1) is 0 Å². The number of aryl methyl sites for hydroxylation is 2. The molecular weight excluding hydrogens is 304 g/mol. The summed E-state index contributed by atoms with van der Waals surface area (Å²) in [5.41, 5.74) is 3.87. The van der Waals surface area contributed by atoms with Crippen LogP contribution in [0, 0.1) is 13.8 Å². The van der Waals surface area contributed by atoms with Gasteiger partial charge in [0, 0.05) is 5.71 Å². The minimum Gasteiger partial charge on any atom is -0.489 e. The second-order valence-electron chi connectivity index (χ2n) is 5.95. The largest absolute Gasteiger partial charge is 0.489 e. The fourth-order valence-corrected chi connectivity index (χ4v) is 2.13. The number of aliphatic hydroxyl groups is 1. The first-order valence-electron chi connectivity index (χ1n) is 7.91. The van der Waals surface area contributed by atoms with Crippen LogP contribution in [0.25, 0.3) is 0 Å². The molecule has 6 heteroatoms. The van der Waals surface area contributed by atoms with Crippen LogP contribution < -0.4 is 10.1 Å². The van der Waals surface area contributed by atoms with Gasteiger partial charge in [0.05, 0.1) is 24.1 Å². The van der Waals surface area contributed by atoms with Crippen LogP contribution in [-0.4, -0.2) is 33.5 Å². The van der Waals surface area contributed by atoms with Crippen LogP contribution >= 0.6 is 0 Å². The standard InChI is InChI=1S/C18H24N4O2/c1-11(2)24-16-8-12(3)6-7-15(16)22-18-17(21-13(4)9-23)14(5)19-10-20-18/h6-8,10-11,23H,9H2,1-5H3,(H,19,20,22). The molecule has 0 radical (unpaired) electrons. The lowest BCUT2D eigenvalue weighted by Gasteiger charge is -2.17. The number of aliphatic hydroxyl groups excluding tert-OH is 1. The monoisotopic (exact) mass is 328 g/mol. The van der Waals surface area contributed by atoms with Gasteiger partial charge in [0.2, 0.25) is 0 Å². The van der Waals surface area contributed by atoms with Gasteiger partial charge in [-0.3, -0.25) is 0 Å². The maximum Gasteiger partial charge on any atom is 0.160 e. The maximum absolute atomic E-state index is 9.23. The third-order valence-electron chi connectivity index (χ3n) is 3.29. The highest BCUT2D eigenvalue weighted by Crippen LogP contribution is 2.33. The van der Waals surface area contributed by atoms with E-state index in [9.17, 15) is 5.11 Å². The molecule has 0 spiro atoms. The van der Waals surface area contributed by atoms with Gasteiger partial charge in [0.1, 0.15) is 17.8 Å². The Balaban J connectivity index is 2.44. The Labute approximate surface area is 142 Å². The topological polar surface area (TPSA) is 79.6 Å². The van der Waals surface area contributed by atoms with E-state index in [1.807, 2.05) is 45.9 Å². The van der Waals surface area contributed by atoms with Gasteiger partial charge in [0.15, 0.2) is 5.82 Å². The van der Waals surface area contributed by atoms with E-state index in [4.69, 9.17) is 4.74 Å². The smallest absolute Gasteiger partial charge is 0.160 e. The first-order valence-corrected chi connectivity index (χ1v) is 7.91. The molecule has 0 unspecified atom stereocenters. The number of aliphatic imine (C=N–C) groups is 1. The molecular formula is C18H24N4O2. The van der Waals surface area contributed by atoms with Crippen molar-refractivity contribution in [2.75, 3.05) is 11.9 Å². The van der Waals surface area contributed by atoms with E-state index in [1.165, 1.54) is 6.33 Å². The van der Waals surface area contributed by atoms with Crippen molar-refractivity contribution in [1.29, 1.82) is 0 Å².